The Balaban J connectivity index is 3.51. The Morgan fingerprint density at radius 3 is 1.29 bits per heavy atom. The lowest BCUT2D eigenvalue weighted by Gasteiger charge is -2.15. The number of esters is 2. The Hall–Kier alpha value is -1.10. The first-order chi connectivity index (χ1) is 16.6. The lowest BCUT2D eigenvalue weighted by Crippen LogP contribution is -2.28. The summed E-state index contributed by atoms with van der Waals surface area (Å²) in [7, 11) is 0. The first kappa shape index (κ1) is 32.9. The van der Waals surface area contributed by atoms with E-state index in [2.05, 4.69) is 13.8 Å². The highest BCUT2D eigenvalue weighted by molar-refractivity contribution is 5.70. The summed E-state index contributed by atoms with van der Waals surface area (Å²) >= 11 is 0. The zero-order valence-electron chi connectivity index (χ0n) is 22.6. The fourth-order valence-electron chi connectivity index (χ4n) is 4.14. The van der Waals surface area contributed by atoms with Gasteiger partial charge in [0.2, 0.25) is 0 Å². The summed E-state index contributed by atoms with van der Waals surface area (Å²) in [4.78, 5) is 23.8. The quantitative estimate of drug-likeness (QED) is 0.0992. The summed E-state index contributed by atoms with van der Waals surface area (Å²) in [5.41, 5.74) is 0. The molecule has 0 amide bonds. The Morgan fingerprint density at radius 2 is 0.912 bits per heavy atom. The largest absolute Gasteiger partial charge is 0.462 e. The molecule has 0 aromatic carbocycles. The van der Waals surface area contributed by atoms with E-state index in [4.69, 9.17) is 9.47 Å². The van der Waals surface area contributed by atoms with Gasteiger partial charge in [0.25, 0.3) is 0 Å². The Bertz CT molecular complexity index is 452. The van der Waals surface area contributed by atoms with Crippen molar-refractivity contribution in [2.24, 2.45) is 0 Å². The van der Waals surface area contributed by atoms with E-state index < -0.39 is 6.10 Å². The molecule has 0 spiro atoms. The third-order valence-corrected chi connectivity index (χ3v) is 6.40. The molecule has 202 valence electrons. The van der Waals surface area contributed by atoms with E-state index in [0.717, 1.165) is 38.5 Å². The van der Waals surface area contributed by atoms with Gasteiger partial charge in [-0.05, 0) is 12.8 Å². The number of hydrogen-bond donors (Lipinski definition) is 1. The standard InChI is InChI=1S/C29H56O5/c1-3-5-7-9-10-11-12-13-14-15-16-17-18-20-22-24-29(32)34-27(25-30)26-33-28(31)23-21-19-8-6-4-2/h27,30H,3-26H2,1-2H3. The number of carbonyl (C=O) groups is 2. The van der Waals surface area contributed by atoms with Crippen molar-refractivity contribution >= 4 is 11.9 Å². The van der Waals surface area contributed by atoms with Crippen LogP contribution in [0.4, 0.5) is 0 Å². The van der Waals surface area contributed by atoms with Crippen molar-refractivity contribution in [1.82, 2.24) is 0 Å². The highest BCUT2D eigenvalue weighted by Crippen LogP contribution is 2.14. The summed E-state index contributed by atoms with van der Waals surface area (Å²) < 4.78 is 10.4. The maximum absolute atomic E-state index is 12.0. The molecular formula is C29H56O5. The highest BCUT2D eigenvalue weighted by Gasteiger charge is 2.16. The van der Waals surface area contributed by atoms with Crippen molar-refractivity contribution in [3.05, 3.63) is 0 Å². The summed E-state index contributed by atoms with van der Waals surface area (Å²) in [5, 5.41) is 9.40. The van der Waals surface area contributed by atoms with Gasteiger partial charge in [0, 0.05) is 12.8 Å². The van der Waals surface area contributed by atoms with Crippen LogP contribution >= 0.6 is 0 Å². The van der Waals surface area contributed by atoms with Crippen LogP contribution in [0.1, 0.15) is 155 Å². The van der Waals surface area contributed by atoms with Crippen molar-refractivity contribution in [2.75, 3.05) is 13.2 Å². The molecule has 0 fully saturated rings. The van der Waals surface area contributed by atoms with Crippen LogP contribution in [0.3, 0.4) is 0 Å². The second kappa shape index (κ2) is 26.5. The van der Waals surface area contributed by atoms with E-state index >= 15 is 0 Å². The molecule has 0 saturated carbocycles. The maximum atomic E-state index is 12.0. The van der Waals surface area contributed by atoms with Gasteiger partial charge in [-0.25, -0.2) is 0 Å². The van der Waals surface area contributed by atoms with Gasteiger partial charge >= 0.3 is 11.9 Å². The number of aliphatic hydroxyl groups is 1. The highest BCUT2D eigenvalue weighted by atomic mass is 16.6. The van der Waals surface area contributed by atoms with Gasteiger partial charge in [-0.3, -0.25) is 9.59 Å². The average Bonchev–Trinajstić information content (AvgIpc) is 2.84. The molecule has 0 aliphatic heterocycles. The molecule has 1 N–H and O–H groups in total. The molecule has 0 heterocycles. The van der Waals surface area contributed by atoms with E-state index in [0.29, 0.717) is 12.8 Å². The van der Waals surface area contributed by atoms with E-state index in [9.17, 15) is 14.7 Å². The topological polar surface area (TPSA) is 72.8 Å². The van der Waals surface area contributed by atoms with E-state index in [1.807, 2.05) is 0 Å². The number of aliphatic hydroxyl groups excluding tert-OH is 1. The molecule has 0 aromatic rings. The molecule has 0 aliphatic carbocycles. The summed E-state index contributed by atoms with van der Waals surface area (Å²) in [6.45, 7) is 4.04. The van der Waals surface area contributed by atoms with Crippen LogP contribution in [0.2, 0.25) is 0 Å². The Labute approximate surface area is 210 Å². The van der Waals surface area contributed by atoms with Gasteiger partial charge in [0.05, 0.1) is 6.61 Å². The second-order valence-corrected chi connectivity index (χ2v) is 9.84. The first-order valence-corrected chi connectivity index (χ1v) is 14.6. The SMILES string of the molecule is CCCCCCCCCCCCCCCCCC(=O)OC(CO)COC(=O)CCCCCCC. The van der Waals surface area contributed by atoms with Crippen molar-refractivity contribution in [3.63, 3.8) is 0 Å². The van der Waals surface area contributed by atoms with Crippen molar-refractivity contribution < 1.29 is 24.2 Å². The van der Waals surface area contributed by atoms with Crippen molar-refractivity contribution in [1.29, 1.82) is 0 Å². The second-order valence-electron chi connectivity index (χ2n) is 9.84. The fraction of sp³-hybridized carbons (Fsp3) is 0.931. The molecule has 0 saturated heterocycles. The molecule has 34 heavy (non-hydrogen) atoms. The summed E-state index contributed by atoms with van der Waals surface area (Å²) in [6.07, 6.45) is 24.7. The third-order valence-electron chi connectivity index (χ3n) is 6.40. The first-order valence-electron chi connectivity index (χ1n) is 14.6. The smallest absolute Gasteiger partial charge is 0.306 e. The molecule has 0 bridgehead atoms. The van der Waals surface area contributed by atoms with Gasteiger partial charge in [0.1, 0.15) is 6.61 Å². The molecule has 0 radical (unpaired) electrons. The number of rotatable bonds is 26. The maximum Gasteiger partial charge on any atom is 0.306 e. The predicted molar refractivity (Wildman–Crippen MR) is 141 cm³/mol. The number of carbonyl (C=O) groups excluding carboxylic acids is 2. The predicted octanol–water partition coefficient (Wildman–Crippen LogP) is 8.06. The van der Waals surface area contributed by atoms with Crippen LogP contribution < -0.4 is 0 Å². The van der Waals surface area contributed by atoms with Crippen molar-refractivity contribution in [2.45, 2.75) is 161 Å². The molecule has 0 aromatic heterocycles. The van der Waals surface area contributed by atoms with Gasteiger partial charge in [-0.1, -0.05) is 129 Å². The minimum Gasteiger partial charge on any atom is -0.462 e. The zero-order valence-corrected chi connectivity index (χ0v) is 22.6. The number of ether oxygens (including phenoxy) is 2. The van der Waals surface area contributed by atoms with Gasteiger partial charge < -0.3 is 14.6 Å². The lowest BCUT2D eigenvalue weighted by atomic mass is 10.0. The number of hydrogen-bond acceptors (Lipinski definition) is 5. The minimum atomic E-state index is -0.757. The van der Waals surface area contributed by atoms with Crippen LogP contribution in [-0.2, 0) is 19.1 Å². The van der Waals surface area contributed by atoms with Crippen LogP contribution in [0.5, 0.6) is 0 Å². The van der Waals surface area contributed by atoms with Crippen LogP contribution in [0, 0.1) is 0 Å². The van der Waals surface area contributed by atoms with E-state index in [1.165, 1.54) is 89.9 Å². The average molecular weight is 485 g/mol. The molecule has 0 rings (SSSR count). The van der Waals surface area contributed by atoms with Gasteiger partial charge in [-0.15, -0.1) is 0 Å². The summed E-state index contributed by atoms with van der Waals surface area (Å²) in [5.74, 6) is -0.599. The van der Waals surface area contributed by atoms with Crippen LogP contribution in [0.25, 0.3) is 0 Å². The van der Waals surface area contributed by atoms with Gasteiger partial charge in [-0.2, -0.15) is 0 Å². The molecule has 0 aliphatic rings. The molecule has 5 heteroatoms. The van der Waals surface area contributed by atoms with E-state index in [-0.39, 0.29) is 25.2 Å². The normalized spacial score (nSPS) is 12.0. The number of unbranched alkanes of at least 4 members (excludes halogenated alkanes) is 18. The monoisotopic (exact) mass is 484 g/mol. The van der Waals surface area contributed by atoms with Gasteiger partial charge in [0.15, 0.2) is 6.10 Å². The fourth-order valence-corrected chi connectivity index (χ4v) is 4.14. The Kier molecular flexibility index (Phi) is 25.6. The Morgan fingerprint density at radius 1 is 0.559 bits per heavy atom. The van der Waals surface area contributed by atoms with Crippen LogP contribution in [-0.4, -0.2) is 36.4 Å². The minimum absolute atomic E-state index is 0.0606. The summed E-state index contributed by atoms with van der Waals surface area (Å²) in [6, 6.07) is 0. The van der Waals surface area contributed by atoms with Crippen LogP contribution in [0.15, 0.2) is 0 Å². The third kappa shape index (κ3) is 24.0. The molecular weight excluding hydrogens is 428 g/mol. The molecule has 1 unspecified atom stereocenters. The van der Waals surface area contributed by atoms with Crippen molar-refractivity contribution in [3.8, 4) is 0 Å². The van der Waals surface area contributed by atoms with E-state index in [1.54, 1.807) is 0 Å². The molecule has 5 nitrogen and oxygen atoms in total. The molecule has 1 atom stereocenters. The zero-order chi connectivity index (χ0) is 25.1. The lowest BCUT2D eigenvalue weighted by molar-refractivity contribution is -0.161.